The van der Waals surface area contributed by atoms with Gasteiger partial charge in [-0.2, -0.15) is 9.57 Å². The van der Waals surface area contributed by atoms with Gasteiger partial charge in [-0.3, -0.25) is 4.79 Å². The number of rotatable bonds is 5. The number of benzene rings is 2. The van der Waals surface area contributed by atoms with Gasteiger partial charge in [-0.25, -0.2) is 8.42 Å². The molecule has 28 heavy (non-hydrogen) atoms. The van der Waals surface area contributed by atoms with Gasteiger partial charge in [-0.15, -0.1) is 0 Å². The van der Waals surface area contributed by atoms with Crippen LogP contribution in [-0.2, 0) is 21.2 Å². The third kappa shape index (κ3) is 4.24. The lowest BCUT2D eigenvalue weighted by Crippen LogP contribution is -2.41. The van der Waals surface area contributed by atoms with Crippen LogP contribution in [0.5, 0.6) is 0 Å². The van der Waals surface area contributed by atoms with E-state index in [0.717, 1.165) is 17.7 Å². The average molecular weight is 398 g/mol. The molecule has 2 aromatic carbocycles. The monoisotopic (exact) mass is 397 g/mol. The summed E-state index contributed by atoms with van der Waals surface area (Å²) in [7, 11) is -3.61. The Balaban J connectivity index is 1.63. The van der Waals surface area contributed by atoms with Gasteiger partial charge in [-0.1, -0.05) is 25.1 Å². The molecule has 1 amide bonds. The first-order valence-corrected chi connectivity index (χ1v) is 10.8. The van der Waals surface area contributed by atoms with E-state index in [0.29, 0.717) is 31.5 Å². The molecular weight excluding hydrogens is 374 g/mol. The zero-order valence-corrected chi connectivity index (χ0v) is 16.6. The number of anilines is 1. The lowest BCUT2D eigenvalue weighted by Gasteiger charge is -2.30. The van der Waals surface area contributed by atoms with Crippen LogP contribution in [0, 0.1) is 17.2 Å². The molecule has 1 fully saturated rings. The van der Waals surface area contributed by atoms with Crippen molar-refractivity contribution in [2.45, 2.75) is 31.1 Å². The van der Waals surface area contributed by atoms with E-state index in [9.17, 15) is 13.2 Å². The maximum Gasteiger partial charge on any atom is 0.243 e. The van der Waals surface area contributed by atoms with Crippen LogP contribution in [0.2, 0.25) is 0 Å². The van der Waals surface area contributed by atoms with Crippen LogP contribution < -0.4 is 5.32 Å². The topological polar surface area (TPSA) is 90.3 Å². The molecule has 1 aliphatic heterocycles. The predicted molar refractivity (Wildman–Crippen MR) is 107 cm³/mol. The lowest BCUT2D eigenvalue weighted by atomic mass is 9.97. The summed E-state index contributed by atoms with van der Waals surface area (Å²) >= 11 is 0. The van der Waals surface area contributed by atoms with Gasteiger partial charge < -0.3 is 5.32 Å². The number of sulfonamides is 1. The second-order valence-corrected chi connectivity index (χ2v) is 8.75. The number of nitrogens with zero attached hydrogens (tertiary/aromatic N) is 2. The van der Waals surface area contributed by atoms with E-state index in [1.165, 1.54) is 28.6 Å². The van der Waals surface area contributed by atoms with Crippen molar-refractivity contribution in [2.24, 2.45) is 5.92 Å². The van der Waals surface area contributed by atoms with E-state index < -0.39 is 10.0 Å². The van der Waals surface area contributed by atoms with Crippen LogP contribution >= 0.6 is 0 Å². The molecule has 0 saturated carbocycles. The highest BCUT2D eigenvalue weighted by Crippen LogP contribution is 2.26. The Bertz CT molecular complexity index is 986. The summed E-state index contributed by atoms with van der Waals surface area (Å²) in [6.45, 7) is 2.64. The summed E-state index contributed by atoms with van der Waals surface area (Å²) in [6, 6.07) is 15.6. The number of hydrogen-bond donors (Lipinski definition) is 1. The molecule has 0 spiro atoms. The fourth-order valence-corrected chi connectivity index (χ4v) is 4.86. The summed E-state index contributed by atoms with van der Waals surface area (Å²) in [5.74, 6) is -0.270. The Morgan fingerprint density at radius 1 is 1.14 bits per heavy atom. The Hall–Kier alpha value is -2.69. The summed E-state index contributed by atoms with van der Waals surface area (Å²) < 4.78 is 27.0. The van der Waals surface area contributed by atoms with Gasteiger partial charge in [0.25, 0.3) is 0 Å². The SMILES string of the molecule is CCc1ccccc1NC(=O)C1CCN(S(=O)(=O)c2ccc(C#N)cc2)CC1. The molecule has 1 heterocycles. The van der Waals surface area contributed by atoms with Crippen molar-refractivity contribution in [3.05, 3.63) is 59.7 Å². The van der Waals surface area contributed by atoms with Gasteiger partial charge in [0.2, 0.25) is 15.9 Å². The van der Waals surface area contributed by atoms with Crippen molar-refractivity contribution in [1.82, 2.24) is 4.31 Å². The quantitative estimate of drug-likeness (QED) is 0.839. The maximum atomic E-state index is 12.8. The fourth-order valence-electron chi connectivity index (χ4n) is 3.39. The van der Waals surface area contributed by atoms with E-state index in [-0.39, 0.29) is 16.7 Å². The molecule has 0 aromatic heterocycles. The number of nitriles is 1. The van der Waals surface area contributed by atoms with Crippen LogP contribution in [0.15, 0.2) is 53.4 Å². The molecule has 0 unspecified atom stereocenters. The third-order valence-corrected chi connectivity index (χ3v) is 7.01. The van der Waals surface area contributed by atoms with E-state index in [1.54, 1.807) is 0 Å². The highest BCUT2D eigenvalue weighted by Gasteiger charge is 2.32. The number of carbonyl (C=O) groups excluding carboxylic acids is 1. The van der Waals surface area contributed by atoms with Crippen LogP contribution in [0.25, 0.3) is 0 Å². The van der Waals surface area contributed by atoms with Crippen LogP contribution in [0.4, 0.5) is 5.69 Å². The standard InChI is InChI=1S/C21H23N3O3S/c1-2-17-5-3-4-6-20(17)23-21(25)18-11-13-24(14-12-18)28(26,27)19-9-7-16(15-22)8-10-19/h3-10,18H,2,11-14H2,1H3,(H,23,25). The van der Waals surface area contributed by atoms with Gasteiger partial charge in [0.1, 0.15) is 0 Å². The first-order valence-electron chi connectivity index (χ1n) is 9.34. The van der Waals surface area contributed by atoms with Gasteiger partial charge in [-0.05, 0) is 55.2 Å². The first kappa shape index (κ1) is 20.1. The van der Waals surface area contributed by atoms with Gasteiger partial charge in [0.15, 0.2) is 0 Å². The molecule has 6 nitrogen and oxygen atoms in total. The number of aryl methyl sites for hydroxylation is 1. The highest BCUT2D eigenvalue weighted by atomic mass is 32.2. The predicted octanol–water partition coefficient (Wildman–Crippen LogP) is 3.16. The van der Waals surface area contributed by atoms with Gasteiger partial charge in [0.05, 0.1) is 16.5 Å². The second-order valence-electron chi connectivity index (χ2n) is 6.81. The molecule has 0 bridgehead atoms. The molecule has 0 atom stereocenters. The van der Waals surface area contributed by atoms with Crippen molar-refractivity contribution in [3.8, 4) is 6.07 Å². The van der Waals surface area contributed by atoms with E-state index in [4.69, 9.17) is 5.26 Å². The Morgan fingerprint density at radius 3 is 2.39 bits per heavy atom. The Kier molecular flexibility index (Phi) is 6.12. The molecule has 3 rings (SSSR count). The number of carbonyl (C=O) groups is 1. The van der Waals surface area contributed by atoms with Crippen molar-refractivity contribution in [2.75, 3.05) is 18.4 Å². The second kappa shape index (κ2) is 8.55. The minimum Gasteiger partial charge on any atom is -0.326 e. The highest BCUT2D eigenvalue weighted by molar-refractivity contribution is 7.89. The fraction of sp³-hybridized carbons (Fsp3) is 0.333. The summed E-state index contributed by atoms with van der Waals surface area (Å²) in [4.78, 5) is 12.8. The zero-order valence-electron chi connectivity index (χ0n) is 15.8. The number of para-hydroxylation sites is 1. The largest absolute Gasteiger partial charge is 0.326 e. The van der Waals surface area contributed by atoms with Crippen LogP contribution in [0.1, 0.15) is 30.9 Å². The number of piperidine rings is 1. The summed E-state index contributed by atoms with van der Waals surface area (Å²) in [6.07, 6.45) is 1.79. The normalized spacial score (nSPS) is 15.7. The number of amides is 1. The molecule has 146 valence electrons. The van der Waals surface area contributed by atoms with Crippen molar-refractivity contribution >= 4 is 21.6 Å². The van der Waals surface area contributed by atoms with E-state index in [2.05, 4.69) is 5.32 Å². The minimum atomic E-state index is -3.61. The summed E-state index contributed by atoms with van der Waals surface area (Å²) in [5.41, 5.74) is 2.32. The molecule has 2 aromatic rings. The molecule has 7 heteroatoms. The lowest BCUT2D eigenvalue weighted by molar-refractivity contribution is -0.120. The third-order valence-electron chi connectivity index (χ3n) is 5.10. The van der Waals surface area contributed by atoms with Crippen molar-refractivity contribution in [1.29, 1.82) is 5.26 Å². The smallest absolute Gasteiger partial charge is 0.243 e. The Morgan fingerprint density at radius 2 is 1.79 bits per heavy atom. The molecular formula is C21H23N3O3S. The van der Waals surface area contributed by atoms with E-state index >= 15 is 0 Å². The van der Waals surface area contributed by atoms with E-state index in [1.807, 2.05) is 37.3 Å². The molecule has 0 radical (unpaired) electrons. The Labute approximate surface area is 165 Å². The van der Waals surface area contributed by atoms with Gasteiger partial charge in [0, 0.05) is 24.7 Å². The van der Waals surface area contributed by atoms with Crippen molar-refractivity contribution in [3.63, 3.8) is 0 Å². The summed E-state index contributed by atoms with van der Waals surface area (Å²) in [5, 5.41) is 11.8. The van der Waals surface area contributed by atoms with Gasteiger partial charge >= 0.3 is 0 Å². The van der Waals surface area contributed by atoms with Crippen molar-refractivity contribution < 1.29 is 13.2 Å². The van der Waals surface area contributed by atoms with Crippen LogP contribution in [-0.4, -0.2) is 31.7 Å². The average Bonchev–Trinajstić information content (AvgIpc) is 2.74. The molecule has 1 N–H and O–H groups in total. The zero-order chi connectivity index (χ0) is 20.1. The molecule has 0 aliphatic carbocycles. The number of hydrogen-bond acceptors (Lipinski definition) is 4. The molecule has 1 saturated heterocycles. The maximum absolute atomic E-state index is 12.8. The number of nitrogens with one attached hydrogen (secondary N) is 1. The minimum absolute atomic E-state index is 0.0590. The first-order chi connectivity index (χ1) is 13.5. The van der Waals surface area contributed by atoms with Crippen LogP contribution in [0.3, 0.4) is 0 Å². The molecule has 1 aliphatic rings.